The van der Waals surface area contributed by atoms with Crippen LogP contribution in [-0.4, -0.2) is 40.4 Å². The monoisotopic (exact) mass is 248 g/mol. The SMILES string of the molecule is CNCCc1ccc(S(=O)(=O)N(C)C)s1. The fourth-order valence-corrected chi connectivity index (χ4v) is 3.58. The number of nitrogens with one attached hydrogen (secondary N) is 1. The summed E-state index contributed by atoms with van der Waals surface area (Å²) in [4.78, 5) is 1.09. The topological polar surface area (TPSA) is 49.4 Å². The summed E-state index contributed by atoms with van der Waals surface area (Å²) in [5.41, 5.74) is 0. The number of sulfonamides is 1. The molecule has 0 amide bonds. The van der Waals surface area contributed by atoms with Gasteiger partial charge in [0.05, 0.1) is 0 Å². The molecular weight excluding hydrogens is 232 g/mol. The molecule has 1 heterocycles. The van der Waals surface area contributed by atoms with Crippen molar-refractivity contribution in [2.75, 3.05) is 27.7 Å². The largest absolute Gasteiger partial charge is 0.319 e. The van der Waals surface area contributed by atoms with Crippen LogP contribution in [-0.2, 0) is 16.4 Å². The van der Waals surface area contributed by atoms with E-state index < -0.39 is 10.0 Å². The zero-order valence-corrected chi connectivity index (χ0v) is 10.8. The molecular formula is C9H16N2O2S2. The minimum Gasteiger partial charge on any atom is -0.319 e. The van der Waals surface area contributed by atoms with E-state index in [1.54, 1.807) is 20.2 Å². The van der Waals surface area contributed by atoms with Gasteiger partial charge in [0.2, 0.25) is 0 Å². The summed E-state index contributed by atoms with van der Waals surface area (Å²) in [6.07, 6.45) is 0.865. The number of thiophene rings is 1. The first-order valence-electron chi connectivity index (χ1n) is 4.64. The van der Waals surface area contributed by atoms with Crippen molar-refractivity contribution in [3.63, 3.8) is 0 Å². The summed E-state index contributed by atoms with van der Waals surface area (Å²) in [5, 5.41) is 3.03. The zero-order valence-electron chi connectivity index (χ0n) is 9.15. The molecule has 0 bridgehead atoms. The normalized spacial score (nSPS) is 12.3. The van der Waals surface area contributed by atoms with E-state index in [4.69, 9.17) is 0 Å². The lowest BCUT2D eigenvalue weighted by Gasteiger charge is -2.08. The molecule has 0 unspecified atom stereocenters. The molecule has 0 aliphatic heterocycles. The van der Waals surface area contributed by atoms with Gasteiger partial charge >= 0.3 is 0 Å². The Morgan fingerprint density at radius 2 is 2.07 bits per heavy atom. The van der Waals surface area contributed by atoms with Crippen molar-refractivity contribution >= 4 is 21.4 Å². The van der Waals surface area contributed by atoms with E-state index in [1.807, 2.05) is 13.1 Å². The van der Waals surface area contributed by atoms with Gasteiger partial charge in [-0.1, -0.05) is 0 Å². The van der Waals surface area contributed by atoms with Gasteiger partial charge in [-0.25, -0.2) is 12.7 Å². The molecule has 1 rings (SSSR count). The van der Waals surface area contributed by atoms with Crippen molar-refractivity contribution in [2.24, 2.45) is 0 Å². The lowest BCUT2D eigenvalue weighted by molar-refractivity contribution is 0.523. The summed E-state index contributed by atoms with van der Waals surface area (Å²) in [5.74, 6) is 0. The van der Waals surface area contributed by atoms with Crippen molar-refractivity contribution in [1.29, 1.82) is 0 Å². The number of hydrogen-bond donors (Lipinski definition) is 1. The van der Waals surface area contributed by atoms with Crippen LogP contribution in [0.4, 0.5) is 0 Å². The molecule has 1 aromatic rings. The van der Waals surface area contributed by atoms with Crippen LogP contribution < -0.4 is 5.32 Å². The zero-order chi connectivity index (χ0) is 11.5. The first-order valence-corrected chi connectivity index (χ1v) is 6.90. The van der Waals surface area contributed by atoms with Crippen molar-refractivity contribution in [2.45, 2.75) is 10.6 Å². The molecule has 0 aliphatic rings. The maximum absolute atomic E-state index is 11.7. The fourth-order valence-electron chi connectivity index (χ4n) is 1.06. The Bertz CT molecular complexity index is 410. The Hall–Kier alpha value is -0.430. The van der Waals surface area contributed by atoms with Crippen molar-refractivity contribution in [1.82, 2.24) is 9.62 Å². The molecule has 1 N–H and O–H groups in total. The van der Waals surface area contributed by atoms with Crippen LogP contribution in [0.25, 0.3) is 0 Å². The molecule has 15 heavy (non-hydrogen) atoms. The Kier molecular flexibility index (Phi) is 4.27. The van der Waals surface area contributed by atoms with Crippen molar-refractivity contribution in [3.05, 3.63) is 17.0 Å². The molecule has 0 saturated carbocycles. The van der Waals surface area contributed by atoms with Gasteiger partial charge < -0.3 is 5.32 Å². The summed E-state index contributed by atoms with van der Waals surface area (Å²) in [6, 6.07) is 3.55. The van der Waals surface area contributed by atoms with Crippen LogP contribution in [0.3, 0.4) is 0 Å². The fraction of sp³-hybridized carbons (Fsp3) is 0.556. The molecule has 0 aromatic carbocycles. The summed E-state index contributed by atoms with van der Waals surface area (Å²) in [6.45, 7) is 0.863. The second-order valence-corrected chi connectivity index (χ2v) is 6.91. The van der Waals surface area contributed by atoms with E-state index in [9.17, 15) is 8.42 Å². The second kappa shape index (κ2) is 5.07. The first-order chi connectivity index (χ1) is 6.98. The molecule has 0 radical (unpaired) electrons. The van der Waals surface area contributed by atoms with Crippen LogP contribution in [0.1, 0.15) is 4.88 Å². The molecule has 4 nitrogen and oxygen atoms in total. The molecule has 0 saturated heterocycles. The summed E-state index contributed by atoms with van der Waals surface area (Å²) >= 11 is 1.34. The third-order valence-corrected chi connectivity index (χ3v) is 5.42. The van der Waals surface area contributed by atoms with Crippen molar-refractivity contribution in [3.8, 4) is 0 Å². The maximum atomic E-state index is 11.7. The number of rotatable bonds is 5. The summed E-state index contributed by atoms with van der Waals surface area (Å²) < 4.78 is 25.1. The van der Waals surface area contributed by atoms with Crippen LogP contribution in [0, 0.1) is 0 Å². The quantitative estimate of drug-likeness (QED) is 0.837. The van der Waals surface area contributed by atoms with Crippen LogP contribution in [0.15, 0.2) is 16.3 Å². The minimum absolute atomic E-state index is 0.415. The molecule has 0 fully saturated rings. The highest BCUT2D eigenvalue weighted by Crippen LogP contribution is 2.23. The lowest BCUT2D eigenvalue weighted by Crippen LogP contribution is -2.21. The average molecular weight is 248 g/mol. The number of hydrogen-bond acceptors (Lipinski definition) is 4. The van der Waals surface area contributed by atoms with Gasteiger partial charge in [-0.15, -0.1) is 11.3 Å². The number of likely N-dealkylation sites (N-methyl/N-ethyl adjacent to an activating group) is 1. The minimum atomic E-state index is -3.25. The van der Waals surface area contributed by atoms with Crippen molar-refractivity contribution < 1.29 is 8.42 Å². The highest BCUT2D eigenvalue weighted by Gasteiger charge is 2.19. The molecule has 0 atom stereocenters. The maximum Gasteiger partial charge on any atom is 0.252 e. The Balaban J connectivity index is 2.85. The van der Waals surface area contributed by atoms with Gasteiger partial charge in [0.25, 0.3) is 10.0 Å². The summed E-state index contributed by atoms with van der Waals surface area (Å²) in [7, 11) is 1.72. The Morgan fingerprint density at radius 1 is 1.40 bits per heavy atom. The van der Waals surface area contributed by atoms with E-state index in [1.165, 1.54) is 15.6 Å². The van der Waals surface area contributed by atoms with Crippen LogP contribution in [0.2, 0.25) is 0 Å². The van der Waals surface area contributed by atoms with Gasteiger partial charge in [-0.2, -0.15) is 0 Å². The predicted molar refractivity (Wildman–Crippen MR) is 62.8 cm³/mol. The Morgan fingerprint density at radius 3 is 2.60 bits per heavy atom. The van der Waals surface area contributed by atoms with Crippen LogP contribution in [0.5, 0.6) is 0 Å². The van der Waals surface area contributed by atoms with Gasteiger partial charge in [0, 0.05) is 19.0 Å². The first kappa shape index (κ1) is 12.6. The van der Waals surface area contributed by atoms with E-state index in [-0.39, 0.29) is 0 Å². The number of nitrogens with zero attached hydrogens (tertiary/aromatic N) is 1. The highest BCUT2D eigenvalue weighted by molar-refractivity contribution is 7.91. The third-order valence-electron chi connectivity index (χ3n) is 1.99. The molecule has 6 heteroatoms. The standard InChI is InChI=1S/C9H16N2O2S2/c1-10-7-6-8-4-5-9(14-8)15(12,13)11(2)3/h4-5,10H,6-7H2,1-3H3. The van der Waals surface area contributed by atoms with Gasteiger partial charge in [0.15, 0.2) is 0 Å². The van der Waals surface area contributed by atoms with E-state index in [2.05, 4.69) is 5.32 Å². The highest BCUT2D eigenvalue weighted by atomic mass is 32.2. The van der Waals surface area contributed by atoms with Crippen LogP contribution >= 0.6 is 11.3 Å². The lowest BCUT2D eigenvalue weighted by atomic mass is 10.3. The molecule has 1 aromatic heterocycles. The molecule has 0 aliphatic carbocycles. The second-order valence-electron chi connectivity index (χ2n) is 3.36. The molecule has 86 valence electrons. The van der Waals surface area contributed by atoms with E-state index >= 15 is 0 Å². The third kappa shape index (κ3) is 3.01. The van der Waals surface area contributed by atoms with Gasteiger partial charge in [0.1, 0.15) is 4.21 Å². The Labute approximate surface area is 95.0 Å². The van der Waals surface area contributed by atoms with Gasteiger partial charge in [-0.3, -0.25) is 0 Å². The predicted octanol–water partition coefficient (Wildman–Crippen LogP) is 0.760. The smallest absolute Gasteiger partial charge is 0.252 e. The van der Waals surface area contributed by atoms with E-state index in [0.717, 1.165) is 17.8 Å². The van der Waals surface area contributed by atoms with Gasteiger partial charge in [-0.05, 0) is 32.1 Å². The van der Waals surface area contributed by atoms with E-state index in [0.29, 0.717) is 4.21 Å². The molecule has 0 spiro atoms. The average Bonchev–Trinajstić information content (AvgIpc) is 2.63.